The van der Waals surface area contributed by atoms with Crippen LogP contribution in [0, 0.1) is 11.6 Å². The number of rotatable bonds is 2. The van der Waals surface area contributed by atoms with Gasteiger partial charge in [0.25, 0.3) is 0 Å². The molecule has 0 spiro atoms. The quantitative estimate of drug-likeness (QED) is 0.583. The number of amides is 1. The maximum Gasteiger partial charge on any atom is 0.421 e. The van der Waals surface area contributed by atoms with Crippen molar-refractivity contribution in [3.8, 4) is 5.69 Å². The summed E-state index contributed by atoms with van der Waals surface area (Å²) in [7, 11) is 1.42. The zero-order valence-electron chi connectivity index (χ0n) is 16.8. The zero-order chi connectivity index (χ0) is 23.6. The predicted octanol–water partition coefficient (Wildman–Crippen LogP) is 3.30. The van der Waals surface area contributed by atoms with Crippen LogP contribution < -0.4 is 11.5 Å². The Morgan fingerprint density at radius 1 is 1.12 bits per heavy atom. The van der Waals surface area contributed by atoms with Crippen molar-refractivity contribution in [2.75, 3.05) is 12.8 Å². The number of carbonyl (C=O) groups is 1. The number of aromatic nitrogens is 2. The molecule has 0 saturated heterocycles. The van der Waals surface area contributed by atoms with Crippen molar-refractivity contribution in [1.82, 2.24) is 14.5 Å². The van der Waals surface area contributed by atoms with Gasteiger partial charge in [-0.2, -0.15) is 13.2 Å². The van der Waals surface area contributed by atoms with Gasteiger partial charge in [0.1, 0.15) is 11.4 Å². The van der Waals surface area contributed by atoms with E-state index in [1.165, 1.54) is 32.2 Å². The minimum atomic E-state index is -5.09. The topological polar surface area (TPSA) is 103 Å². The Morgan fingerprint density at radius 3 is 2.44 bits per heavy atom. The average molecular weight is 452 g/mol. The molecule has 0 saturated carbocycles. The van der Waals surface area contributed by atoms with E-state index in [0.717, 1.165) is 11.0 Å². The van der Waals surface area contributed by atoms with Gasteiger partial charge in [-0.05, 0) is 25.1 Å². The highest BCUT2D eigenvalue weighted by Crippen LogP contribution is 2.41. The van der Waals surface area contributed by atoms with E-state index in [1.807, 2.05) is 0 Å². The SMILES string of the molecule is CN1C(=O)C[C@@](C)(c2cccc(-n3c(N)nc4ccc(F)c(C(F)(F)F)c43)c2F)N=C1N. The van der Waals surface area contributed by atoms with Gasteiger partial charge >= 0.3 is 6.18 Å². The zero-order valence-corrected chi connectivity index (χ0v) is 16.8. The van der Waals surface area contributed by atoms with Gasteiger partial charge in [0, 0.05) is 12.6 Å². The Balaban J connectivity index is 2.01. The number of aliphatic imine (C=N–C) groups is 1. The van der Waals surface area contributed by atoms with Gasteiger partial charge < -0.3 is 11.5 Å². The Kier molecular flexibility index (Phi) is 4.64. The summed E-state index contributed by atoms with van der Waals surface area (Å²) in [5.41, 5.74) is 7.09. The minimum Gasteiger partial charge on any atom is -0.369 e. The highest BCUT2D eigenvalue weighted by atomic mass is 19.4. The molecule has 3 aromatic rings. The number of hydrogen-bond donors (Lipinski definition) is 2. The van der Waals surface area contributed by atoms with E-state index in [4.69, 9.17) is 11.5 Å². The van der Waals surface area contributed by atoms with Crippen molar-refractivity contribution in [2.45, 2.75) is 25.1 Å². The van der Waals surface area contributed by atoms with Crippen molar-refractivity contribution in [1.29, 1.82) is 0 Å². The largest absolute Gasteiger partial charge is 0.421 e. The van der Waals surface area contributed by atoms with Gasteiger partial charge in [0.2, 0.25) is 11.9 Å². The molecule has 0 radical (unpaired) electrons. The minimum absolute atomic E-state index is 0.0920. The van der Waals surface area contributed by atoms with E-state index >= 15 is 4.39 Å². The molecular weight excluding hydrogens is 435 g/mol. The summed E-state index contributed by atoms with van der Waals surface area (Å²) >= 11 is 0. The lowest BCUT2D eigenvalue weighted by molar-refractivity contribution is -0.138. The Bertz CT molecular complexity index is 1300. The van der Waals surface area contributed by atoms with Crippen LogP contribution in [-0.2, 0) is 16.5 Å². The molecule has 168 valence electrons. The fourth-order valence-electron chi connectivity index (χ4n) is 3.85. The Morgan fingerprint density at radius 2 is 1.81 bits per heavy atom. The molecule has 0 unspecified atom stereocenters. The molecule has 2 aromatic carbocycles. The van der Waals surface area contributed by atoms with Gasteiger partial charge in [0.15, 0.2) is 11.8 Å². The number of nitrogens with zero attached hydrogens (tertiary/aromatic N) is 4. The van der Waals surface area contributed by atoms with E-state index in [2.05, 4.69) is 9.98 Å². The van der Waals surface area contributed by atoms with Crippen LogP contribution in [0.1, 0.15) is 24.5 Å². The second-order valence-corrected chi connectivity index (χ2v) is 7.61. The Hall–Kier alpha value is -3.70. The monoisotopic (exact) mass is 452 g/mol. The standard InChI is InChI=1S/C20H17F5N6O/c1-19(8-13(32)30(2)18(27)29-19)9-4-3-5-12(15(9)22)31-16-11(28-17(31)26)7-6-10(21)14(16)20(23,24)25/h3-7H,8H2,1-2H3,(H2,26,28)(H2,27,29)/t19-/m0/s1. The van der Waals surface area contributed by atoms with E-state index in [9.17, 15) is 22.4 Å². The van der Waals surface area contributed by atoms with Crippen LogP contribution in [0.3, 0.4) is 0 Å². The lowest BCUT2D eigenvalue weighted by Gasteiger charge is -2.34. The third kappa shape index (κ3) is 3.13. The number of alkyl halides is 3. The molecule has 12 heteroatoms. The fourth-order valence-corrected chi connectivity index (χ4v) is 3.85. The molecule has 1 amide bonds. The molecule has 4 rings (SSSR count). The summed E-state index contributed by atoms with van der Waals surface area (Å²) in [6.45, 7) is 1.48. The summed E-state index contributed by atoms with van der Waals surface area (Å²) in [6, 6.07) is 5.53. The number of halogens is 5. The molecule has 1 aromatic heterocycles. The highest BCUT2D eigenvalue weighted by Gasteiger charge is 2.41. The second-order valence-electron chi connectivity index (χ2n) is 7.61. The molecule has 0 aliphatic carbocycles. The molecule has 7 nitrogen and oxygen atoms in total. The first-order chi connectivity index (χ1) is 14.8. The first-order valence-electron chi connectivity index (χ1n) is 9.30. The molecule has 4 N–H and O–H groups in total. The smallest absolute Gasteiger partial charge is 0.369 e. The van der Waals surface area contributed by atoms with Crippen LogP contribution in [-0.4, -0.2) is 33.4 Å². The molecule has 2 heterocycles. The number of guanidine groups is 1. The van der Waals surface area contributed by atoms with Crippen molar-refractivity contribution in [2.24, 2.45) is 10.7 Å². The van der Waals surface area contributed by atoms with Crippen molar-refractivity contribution in [3.05, 3.63) is 53.1 Å². The van der Waals surface area contributed by atoms with E-state index in [1.54, 1.807) is 0 Å². The number of imidazole rings is 1. The van der Waals surface area contributed by atoms with Crippen LogP contribution >= 0.6 is 0 Å². The molecular formula is C20H17F5N6O. The van der Waals surface area contributed by atoms with Crippen LogP contribution in [0.5, 0.6) is 0 Å². The molecule has 0 bridgehead atoms. The first kappa shape index (κ1) is 21.5. The summed E-state index contributed by atoms with van der Waals surface area (Å²) < 4.78 is 71.6. The number of anilines is 1. The maximum absolute atomic E-state index is 15.7. The van der Waals surface area contributed by atoms with Crippen molar-refractivity contribution >= 4 is 28.8 Å². The normalized spacial score (nSPS) is 19.5. The lowest BCUT2D eigenvalue weighted by Crippen LogP contribution is -2.47. The van der Waals surface area contributed by atoms with E-state index < -0.39 is 52.0 Å². The van der Waals surface area contributed by atoms with Crippen molar-refractivity contribution in [3.63, 3.8) is 0 Å². The molecule has 1 aliphatic rings. The number of hydrogen-bond acceptors (Lipinski definition) is 5. The van der Waals surface area contributed by atoms with Crippen LogP contribution in [0.2, 0.25) is 0 Å². The Labute approximate surface area is 178 Å². The van der Waals surface area contributed by atoms with Crippen LogP contribution in [0.15, 0.2) is 35.3 Å². The number of nitrogen functional groups attached to an aromatic ring is 1. The summed E-state index contributed by atoms with van der Waals surface area (Å²) in [6.07, 6.45) is -5.32. The summed E-state index contributed by atoms with van der Waals surface area (Å²) in [5, 5.41) is 0. The number of fused-ring (bicyclic) bond motifs is 1. The molecule has 1 aliphatic heterocycles. The number of benzene rings is 2. The molecule has 32 heavy (non-hydrogen) atoms. The molecule has 1 atom stereocenters. The molecule has 0 fully saturated rings. The first-order valence-corrected chi connectivity index (χ1v) is 9.30. The van der Waals surface area contributed by atoms with Gasteiger partial charge in [-0.25, -0.2) is 18.8 Å². The maximum atomic E-state index is 15.7. The van der Waals surface area contributed by atoms with Crippen LogP contribution in [0.4, 0.5) is 27.9 Å². The van der Waals surface area contributed by atoms with Gasteiger partial charge in [-0.15, -0.1) is 0 Å². The summed E-state index contributed by atoms with van der Waals surface area (Å²) in [5.74, 6) is -3.57. The highest BCUT2D eigenvalue weighted by molar-refractivity contribution is 5.98. The van der Waals surface area contributed by atoms with E-state index in [-0.39, 0.29) is 23.5 Å². The second kappa shape index (κ2) is 6.90. The van der Waals surface area contributed by atoms with Crippen LogP contribution in [0.25, 0.3) is 16.7 Å². The summed E-state index contributed by atoms with van der Waals surface area (Å²) in [4.78, 5) is 21.5. The predicted molar refractivity (Wildman–Crippen MR) is 107 cm³/mol. The number of carbonyl (C=O) groups excluding carboxylic acids is 1. The third-order valence-corrected chi connectivity index (χ3v) is 5.45. The lowest BCUT2D eigenvalue weighted by atomic mass is 9.87. The third-order valence-electron chi connectivity index (χ3n) is 5.45. The van der Waals surface area contributed by atoms with Crippen molar-refractivity contribution < 1.29 is 26.7 Å². The average Bonchev–Trinajstić information content (AvgIpc) is 3.00. The number of nitrogens with two attached hydrogens (primary N) is 2. The van der Waals surface area contributed by atoms with E-state index in [0.29, 0.717) is 10.6 Å². The fraction of sp³-hybridized carbons (Fsp3) is 0.250. The van der Waals surface area contributed by atoms with Gasteiger partial charge in [-0.1, -0.05) is 12.1 Å². The van der Waals surface area contributed by atoms with Gasteiger partial charge in [0.05, 0.1) is 28.7 Å². The van der Waals surface area contributed by atoms with Gasteiger partial charge in [-0.3, -0.25) is 14.3 Å².